The van der Waals surface area contributed by atoms with Crippen molar-refractivity contribution in [3.05, 3.63) is 23.3 Å². The Balaban J connectivity index is 2.69. The van der Waals surface area contributed by atoms with Crippen LogP contribution in [0.1, 0.15) is 37.8 Å². The van der Waals surface area contributed by atoms with E-state index in [4.69, 9.17) is 5.26 Å². The second kappa shape index (κ2) is 5.77. The molecule has 0 atom stereocenters. The summed E-state index contributed by atoms with van der Waals surface area (Å²) in [4.78, 5) is 0. The zero-order chi connectivity index (χ0) is 13.8. The zero-order valence-corrected chi connectivity index (χ0v) is 11.7. The van der Waals surface area contributed by atoms with Gasteiger partial charge in [0.25, 0.3) is 0 Å². The molecule has 0 bridgehead atoms. The average molecular weight is 246 g/mol. The first-order chi connectivity index (χ1) is 8.35. The van der Waals surface area contributed by atoms with E-state index in [0.29, 0.717) is 12.2 Å². The van der Waals surface area contributed by atoms with E-state index < -0.39 is 0 Å². The molecule has 0 fully saturated rings. The minimum Gasteiger partial charge on any atom is -0.508 e. The number of nitrogens with one attached hydrogen (secondary N) is 1. The number of hydrogen-bond acceptors (Lipinski definition) is 3. The summed E-state index contributed by atoms with van der Waals surface area (Å²) in [6.45, 7) is 8.99. The minimum atomic E-state index is 0.0912. The van der Waals surface area contributed by atoms with Crippen LogP contribution < -0.4 is 5.32 Å². The van der Waals surface area contributed by atoms with Crippen molar-refractivity contribution < 1.29 is 5.11 Å². The fourth-order valence-electron chi connectivity index (χ4n) is 1.81. The predicted molar refractivity (Wildman–Crippen MR) is 74.7 cm³/mol. The van der Waals surface area contributed by atoms with Crippen LogP contribution in [0.5, 0.6) is 5.75 Å². The van der Waals surface area contributed by atoms with E-state index in [-0.39, 0.29) is 5.41 Å². The van der Waals surface area contributed by atoms with Crippen molar-refractivity contribution in [3.8, 4) is 11.8 Å². The van der Waals surface area contributed by atoms with Gasteiger partial charge >= 0.3 is 0 Å². The van der Waals surface area contributed by atoms with Gasteiger partial charge in [0.05, 0.1) is 6.07 Å². The second-order valence-electron chi connectivity index (χ2n) is 5.63. The lowest BCUT2D eigenvalue weighted by atomic mass is 9.88. The van der Waals surface area contributed by atoms with Crippen molar-refractivity contribution >= 4 is 5.69 Å². The molecule has 0 saturated heterocycles. The molecule has 0 radical (unpaired) electrons. The lowest BCUT2D eigenvalue weighted by molar-refractivity contribution is 0.363. The molecule has 0 spiro atoms. The van der Waals surface area contributed by atoms with Crippen LogP contribution in [0, 0.1) is 30.6 Å². The summed E-state index contributed by atoms with van der Waals surface area (Å²) in [5.74, 6) is 0.335. The Bertz CT molecular complexity index is 458. The van der Waals surface area contributed by atoms with Crippen LogP contribution in [0.15, 0.2) is 12.1 Å². The molecule has 98 valence electrons. The van der Waals surface area contributed by atoms with Crippen molar-refractivity contribution in [2.75, 3.05) is 11.9 Å². The molecule has 3 heteroatoms. The quantitative estimate of drug-likeness (QED) is 0.778. The maximum atomic E-state index is 9.60. The first kappa shape index (κ1) is 14.4. The van der Waals surface area contributed by atoms with Crippen LogP contribution >= 0.6 is 0 Å². The van der Waals surface area contributed by atoms with Gasteiger partial charge in [-0.2, -0.15) is 5.26 Å². The van der Waals surface area contributed by atoms with Gasteiger partial charge in [0, 0.05) is 18.7 Å². The largest absolute Gasteiger partial charge is 0.508 e. The van der Waals surface area contributed by atoms with Gasteiger partial charge in [0.1, 0.15) is 5.75 Å². The topological polar surface area (TPSA) is 56.0 Å². The van der Waals surface area contributed by atoms with Gasteiger partial charge in [0.15, 0.2) is 0 Å². The van der Waals surface area contributed by atoms with E-state index in [1.54, 1.807) is 6.07 Å². The van der Waals surface area contributed by atoms with E-state index >= 15 is 0 Å². The molecule has 0 aliphatic carbocycles. The Hall–Kier alpha value is -1.69. The van der Waals surface area contributed by atoms with Gasteiger partial charge in [-0.25, -0.2) is 0 Å². The third-order valence-corrected chi connectivity index (χ3v) is 3.21. The number of aryl methyl sites for hydroxylation is 2. The summed E-state index contributed by atoms with van der Waals surface area (Å²) in [5, 5.41) is 21.6. The maximum absolute atomic E-state index is 9.60. The summed E-state index contributed by atoms with van der Waals surface area (Å²) < 4.78 is 0. The van der Waals surface area contributed by atoms with Crippen molar-refractivity contribution in [1.82, 2.24) is 0 Å². The van der Waals surface area contributed by atoms with Crippen LogP contribution in [-0.2, 0) is 0 Å². The van der Waals surface area contributed by atoms with Crippen LogP contribution in [0.25, 0.3) is 0 Å². The molecule has 0 saturated carbocycles. The minimum absolute atomic E-state index is 0.0912. The van der Waals surface area contributed by atoms with Crippen LogP contribution in [0.4, 0.5) is 5.69 Å². The Kier molecular flexibility index (Phi) is 4.61. The summed E-state index contributed by atoms with van der Waals surface area (Å²) >= 11 is 0. The average Bonchev–Trinajstić information content (AvgIpc) is 2.30. The molecular formula is C15H22N2O. The van der Waals surface area contributed by atoms with E-state index in [0.717, 1.165) is 29.8 Å². The Morgan fingerprint density at radius 2 is 1.94 bits per heavy atom. The van der Waals surface area contributed by atoms with Gasteiger partial charge in [-0.15, -0.1) is 0 Å². The van der Waals surface area contributed by atoms with E-state index in [1.165, 1.54) is 0 Å². The zero-order valence-electron chi connectivity index (χ0n) is 11.7. The smallest absolute Gasteiger partial charge is 0.118 e. The molecule has 18 heavy (non-hydrogen) atoms. The number of phenols is 1. The highest BCUT2D eigenvalue weighted by Crippen LogP contribution is 2.27. The number of nitriles is 1. The monoisotopic (exact) mass is 246 g/mol. The SMILES string of the molecule is Cc1cc(NCC(C)(C)CCC#N)c(C)cc1O. The molecule has 0 aromatic heterocycles. The van der Waals surface area contributed by atoms with Gasteiger partial charge in [-0.05, 0) is 48.9 Å². The molecular weight excluding hydrogens is 224 g/mol. The number of nitrogens with zero attached hydrogens (tertiary/aromatic N) is 1. The van der Waals surface area contributed by atoms with Crippen LogP contribution in [-0.4, -0.2) is 11.7 Å². The molecule has 1 rings (SSSR count). The van der Waals surface area contributed by atoms with Crippen molar-refractivity contribution in [1.29, 1.82) is 5.26 Å². The second-order valence-corrected chi connectivity index (χ2v) is 5.63. The fourth-order valence-corrected chi connectivity index (χ4v) is 1.81. The summed E-state index contributed by atoms with van der Waals surface area (Å²) in [5.41, 5.74) is 3.05. The van der Waals surface area contributed by atoms with E-state index in [1.807, 2.05) is 19.9 Å². The highest BCUT2D eigenvalue weighted by molar-refractivity contribution is 5.56. The molecule has 0 aliphatic heterocycles. The normalized spacial score (nSPS) is 11.1. The number of benzene rings is 1. The van der Waals surface area contributed by atoms with E-state index in [9.17, 15) is 5.11 Å². The lowest BCUT2D eigenvalue weighted by Crippen LogP contribution is -2.23. The Labute approximate surface area is 109 Å². The van der Waals surface area contributed by atoms with Crippen molar-refractivity contribution in [2.24, 2.45) is 5.41 Å². The Morgan fingerprint density at radius 1 is 1.28 bits per heavy atom. The molecule has 1 aromatic rings. The molecule has 2 N–H and O–H groups in total. The lowest BCUT2D eigenvalue weighted by Gasteiger charge is -2.25. The Morgan fingerprint density at radius 3 is 2.56 bits per heavy atom. The highest BCUT2D eigenvalue weighted by Gasteiger charge is 2.17. The number of phenolic OH excluding ortho intramolecular Hbond substituents is 1. The molecule has 0 aliphatic rings. The molecule has 3 nitrogen and oxygen atoms in total. The maximum Gasteiger partial charge on any atom is 0.118 e. The third-order valence-electron chi connectivity index (χ3n) is 3.21. The van der Waals surface area contributed by atoms with Gasteiger partial charge in [-0.3, -0.25) is 0 Å². The number of anilines is 1. The number of hydrogen-bond donors (Lipinski definition) is 2. The fraction of sp³-hybridized carbons (Fsp3) is 0.533. The standard InChI is InChI=1S/C15H22N2O/c1-11-9-14(18)12(2)8-13(11)17-10-15(3,4)6-5-7-16/h8-9,17-18H,5-6,10H2,1-4H3. The molecule has 1 aromatic carbocycles. The van der Waals surface area contributed by atoms with Crippen LogP contribution in [0.3, 0.4) is 0 Å². The predicted octanol–water partition coefficient (Wildman–Crippen LogP) is 3.75. The summed E-state index contributed by atoms with van der Waals surface area (Å²) in [6, 6.07) is 5.93. The van der Waals surface area contributed by atoms with Crippen LogP contribution in [0.2, 0.25) is 0 Å². The molecule has 0 heterocycles. The van der Waals surface area contributed by atoms with Gasteiger partial charge < -0.3 is 10.4 Å². The van der Waals surface area contributed by atoms with Gasteiger partial charge in [-0.1, -0.05) is 13.8 Å². The third kappa shape index (κ3) is 3.96. The van der Waals surface area contributed by atoms with Crippen molar-refractivity contribution in [2.45, 2.75) is 40.5 Å². The number of rotatable bonds is 5. The summed E-state index contributed by atoms with van der Waals surface area (Å²) in [6.07, 6.45) is 1.47. The number of aromatic hydroxyl groups is 1. The first-order valence-electron chi connectivity index (χ1n) is 6.27. The molecule has 0 unspecified atom stereocenters. The molecule has 0 amide bonds. The van der Waals surface area contributed by atoms with Gasteiger partial charge in [0.2, 0.25) is 0 Å². The first-order valence-corrected chi connectivity index (χ1v) is 6.27. The van der Waals surface area contributed by atoms with E-state index in [2.05, 4.69) is 25.2 Å². The summed E-state index contributed by atoms with van der Waals surface area (Å²) in [7, 11) is 0. The highest BCUT2D eigenvalue weighted by atomic mass is 16.3. The van der Waals surface area contributed by atoms with Crippen molar-refractivity contribution in [3.63, 3.8) is 0 Å².